The second kappa shape index (κ2) is 4.08. The lowest BCUT2D eigenvalue weighted by molar-refractivity contribution is -0.107. The summed E-state index contributed by atoms with van der Waals surface area (Å²) in [6.07, 6.45) is 4.71. The van der Waals surface area contributed by atoms with Gasteiger partial charge in [-0.2, -0.15) is 4.98 Å². The van der Waals surface area contributed by atoms with Gasteiger partial charge in [0.1, 0.15) is 6.29 Å². The lowest BCUT2D eigenvalue weighted by atomic mass is 10.2. The average Bonchev–Trinajstić information content (AvgIpc) is 2.82. The molecule has 0 aromatic carbocycles. The van der Waals surface area contributed by atoms with E-state index >= 15 is 0 Å². The van der Waals surface area contributed by atoms with Crippen molar-refractivity contribution >= 4 is 6.29 Å². The molecule has 4 nitrogen and oxygen atoms in total. The first kappa shape index (κ1) is 10.3. The maximum absolute atomic E-state index is 13.4. The molecule has 0 aliphatic heterocycles. The molecule has 0 atom stereocenters. The summed E-state index contributed by atoms with van der Waals surface area (Å²) in [5, 5.41) is 3.71. The lowest BCUT2D eigenvalue weighted by Crippen LogP contribution is -1.98. The highest BCUT2D eigenvalue weighted by molar-refractivity contribution is 5.48. The van der Waals surface area contributed by atoms with Gasteiger partial charge >= 0.3 is 0 Å². The molecule has 1 saturated carbocycles. The second-order valence-electron chi connectivity index (χ2n) is 3.89. The van der Waals surface area contributed by atoms with Crippen molar-refractivity contribution in [1.29, 1.82) is 0 Å². The number of unbranched alkanes of at least 4 members (excludes halogenated alkanes) is 2. The van der Waals surface area contributed by atoms with Crippen LogP contribution in [0.4, 0.5) is 4.39 Å². The minimum absolute atomic E-state index is 0.118. The van der Waals surface area contributed by atoms with Crippen LogP contribution in [0.15, 0.2) is 4.52 Å². The molecule has 0 unspecified atom stereocenters. The van der Waals surface area contributed by atoms with Crippen LogP contribution in [0.25, 0.3) is 0 Å². The number of rotatable bonds is 6. The zero-order valence-electron chi connectivity index (χ0n) is 8.41. The quantitative estimate of drug-likeness (QED) is 0.534. The number of hydrogen-bond donors (Lipinski definition) is 0. The molecule has 0 saturated heterocycles. The first-order valence-electron chi connectivity index (χ1n) is 5.20. The van der Waals surface area contributed by atoms with Crippen LogP contribution in [0.5, 0.6) is 0 Å². The second-order valence-corrected chi connectivity index (χ2v) is 3.89. The number of aldehydes is 1. The Kier molecular flexibility index (Phi) is 2.79. The Balaban J connectivity index is 1.82. The summed E-state index contributed by atoms with van der Waals surface area (Å²) in [6.45, 7) is 0. The molecular formula is C10H13FN2O2. The van der Waals surface area contributed by atoms with Crippen LogP contribution in [0.3, 0.4) is 0 Å². The van der Waals surface area contributed by atoms with Gasteiger partial charge < -0.3 is 9.32 Å². The van der Waals surface area contributed by atoms with E-state index in [1.807, 2.05) is 0 Å². The van der Waals surface area contributed by atoms with E-state index in [9.17, 15) is 9.18 Å². The SMILES string of the molecule is O=CCCCCc1noc(C2(F)CC2)n1. The fraction of sp³-hybridized carbons (Fsp3) is 0.700. The zero-order chi connectivity index (χ0) is 10.7. The van der Waals surface area contributed by atoms with E-state index in [0.29, 0.717) is 31.5 Å². The summed E-state index contributed by atoms with van der Waals surface area (Å²) >= 11 is 0. The Hall–Kier alpha value is -1.26. The lowest BCUT2D eigenvalue weighted by Gasteiger charge is -1.93. The van der Waals surface area contributed by atoms with Gasteiger partial charge in [-0.15, -0.1) is 0 Å². The summed E-state index contributed by atoms with van der Waals surface area (Å²) in [4.78, 5) is 14.1. The molecule has 1 fully saturated rings. The van der Waals surface area contributed by atoms with Crippen LogP contribution < -0.4 is 0 Å². The molecule has 0 spiro atoms. The minimum atomic E-state index is -1.34. The van der Waals surface area contributed by atoms with Crippen molar-refractivity contribution in [3.63, 3.8) is 0 Å². The molecule has 15 heavy (non-hydrogen) atoms. The molecule has 0 N–H and O–H groups in total. The van der Waals surface area contributed by atoms with Crippen LogP contribution in [0.2, 0.25) is 0 Å². The Morgan fingerprint density at radius 1 is 1.47 bits per heavy atom. The van der Waals surface area contributed by atoms with Crippen LogP contribution in [0, 0.1) is 0 Å². The standard InChI is InChI=1S/C10H13FN2O2/c11-10(5-6-10)9-12-8(13-15-9)4-2-1-3-7-14/h7H,1-6H2. The summed E-state index contributed by atoms with van der Waals surface area (Å²) in [7, 11) is 0. The highest BCUT2D eigenvalue weighted by atomic mass is 19.1. The van der Waals surface area contributed by atoms with Crippen LogP contribution >= 0.6 is 0 Å². The normalized spacial score (nSPS) is 17.7. The number of carbonyl (C=O) groups excluding carboxylic acids is 1. The van der Waals surface area contributed by atoms with E-state index in [2.05, 4.69) is 10.1 Å². The van der Waals surface area contributed by atoms with Gasteiger partial charge in [0.2, 0.25) is 0 Å². The molecule has 82 valence electrons. The molecule has 1 heterocycles. The van der Waals surface area contributed by atoms with Gasteiger partial charge in [-0.25, -0.2) is 4.39 Å². The van der Waals surface area contributed by atoms with Crippen molar-refractivity contribution in [1.82, 2.24) is 10.1 Å². The zero-order valence-corrected chi connectivity index (χ0v) is 8.41. The number of aryl methyl sites for hydroxylation is 1. The highest BCUT2D eigenvalue weighted by Gasteiger charge is 2.50. The highest BCUT2D eigenvalue weighted by Crippen LogP contribution is 2.48. The Labute approximate surface area is 86.9 Å². The summed E-state index contributed by atoms with van der Waals surface area (Å²) in [5.41, 5.74) is -1.34. The number of hydrogen-bond acceptors (Lipinski definition) is 4. The molecule has 2 rings (SSSR count). The fourth-order valence-electron chi connectivity index (χ4n) is 1.37. The molecule has 1 aromatic rings. The van der Waals surface area contributed by atoms with E-state index in [1.165, 1.54) is 0 Å². The van der Waals surface area contributed by atoms with Gasteiger partial charge in [-0.05, 0) is 25.7 Å². The van der Waals surface area contributed by atoms with E-state index < -0.39 is 5.67 Å². The number of aromatic nitrogens is 2. The maximum Gasteiger partial charge on any atom is 0.264 e. The van der Waals surface area contributed by atoms with Crippen LogP contribution in [0.1, 0.15) is 43.8 Å². The van der Waals surface area contributed by atoms with Gasteiger partial charge in [0, 0.05) is 12.8 Å². The van der Waals surface area contributed by atoms with Gasteiger partial charge in [0.05, 0.1) is 0 Å². The summed E-state index contributed by atoms with van der Waals surface area (Å²) in [6, 6.07) is 0. The van der Waals surface area contributed by atoms with Crippen LogP contribution in [-0.2, 0) is 16.9 Å². The molecule has 0 amide bonds. The summed E-state index contributed by atoms with van der Waals surface area (Å²) < 4.78 is 18.3. The van der Waals surface area contributed by atoms with Crippen molar-refractivity contribution in [2.75, 3.05) is 0 Å². The van der Waals surface area contributed by atoms with Crippen molar-refractivity contribution < 1.29 is 13.7 Å². The van der Waals surface area contributed by atoms with E-state index in [0.717, 1.165) is 19.1 Å². The molecular weight excluding hydrogens is 199 g/mol. The average molecular weight is 212 g/mol. The molecule has 5 heteroatoms. The van der Waals surface area contributed by atoms with E-state index in [4.69, 9.17) is 4.52 Å². The summed E-state index contributed by atoms with van der Waals surface area (Å²) in [5.74, 6) is 0.660. The predicted octanol–water partition coefficient (Wildman–Crippen LogP) is 1.94. The monoisotopic (exact) mass is 212 g/mol. The van der Waals surface area contributed by atoms with Crippen molar-refractivity contribution in [3.8, 4) is 0 Å². The predicted molar refractivity (Wildman–Crippen MR) is 49.9 cm³/mol. The smallest absolute Gasteiger partial charge is 0.264 e. The van der Waals surface area contributed by atoms with Gasteiger partial charge in [0.25, 0.3) is 5.89 Å². The molecule has 1 aliphatic rings. The third kappa shape index (κ3) is 2.40. The van der Waals surface area contributed by atoms with Crippen molar-refractivity contribution in [3.05, 3.63) is 11.7 Å². The molecule has 1 aliphatic carbocycles. The van der Waals surface area contributed by atoms with Crippen molar-refractivity contribution in [2.24, 2.45) is 0 Å². The number of halogens is 1. The Morgan fingerprint density at radius 3 is 2.93 bits per heavy atom. The first-order valence-corrected chi connectivity index (χ1v) is 5.20. The molecule has 1 aromatic heterocycles. The third-order valence-electron chi connectivity index (χ3n) is 2.51. The van der Waals surface area contributed by atoms with E-state index in [1.54, 1.807) is 0 Å². The van der Waals surface area contributed by atoms with Crippen molar-refractivity contribution in [2.45, 2.75) is 44.2 Å². The number of alkyl halides is 1. The minimum Gasteiger partial charge on any atom is -0.336 e. The first-order chi connectivity index (χ1) is 7.24. The number of carbonyl (C=O) groups is 1. The fourth-order valence-corrected chi connectivity index (χ4v) is 1.37. The maximum atomic E-state index is 13.4. The van der Waals surface area contributed by atoms with Gasteiger partial charge in [-0.1, -0.05) is 5.16 Å². The van der Waals surface area contributed by atoms with Gasteiger partial charge in [0.15, 0.2) is 11.5 Å². The largest absolute Gasteiger partial charge is 0.336 e. The Bertz CT molecular complexity index is 347. The molecule has 0 bridgehead atoms. The van der Waals surface area contributed by atoms with Crippen LogP contribution in [-0.4, -0.2) is 16.4 Å². The van der Waals surface area contributed by atoms with E-state index in [-0.39, 0.29) is 5.89 Å². The Morgan fingerprint density at radius 2 is 2.27 bits per heavy atom. The molecule has 0 radical (unpaired) electrons. The topological polar surface area (TPSA) is 56.0 Å². The number of nitrogens with zero attached hydrogens (tertiary/aromatic N) is 2. The van der Waals surface area contributed by atoms with Gasteiger partial charge in [-0.3, -0.25) is 0 Å². The third-order valence-corrected chi connectivity index (χ3v) is 2.51.